The van der Waals surface area contributed by atoms with Gasteiger partial charge in [-0.05, 0) is 44.9 Å². The number of aryl methyl sites for hydroxylation is 2. The van der Waals surface area contributed by atoms with Crippen molar-refractivity contribution in [2.24, 2.45) is 11.8 Å². The predicted octanol–water partition coefficient (Wildman–Crippen LogP) is 3.12. The fraction of sp³-hybridized carbons (Fsp3) is 0.737. The van der Waals surface area contributed by atoms with Crippen LogP contribution >= 0.6 is 11.3 Å². The molecule has 25 heavy (non-hydrogen) atoms. The maximum Gasteiger partial charge on any atom is 0.265 e. The van der Waals surface area contributed by atoms with Crippen LogP contribution in [0.3, 0.4) is 0 Å². The Hall–Kier alpha value is -1.43. The van der Waals surface area contributed by atoms with Crippen molar-refractivity contribution < 1.29 is 9.59 Å². The Morgan fingerprint density at radius 1 is 1.08 bits per heavy atom. The maximum atomic E-state index is 12.8. The molecule has 2 saturated heterocycles. The van der Waals surface area contributed by atoms with E-state index in [0.29, 0.717) is 19.0 Å². The molecule has 1 aromatic heterocycles. The van der Waals surface area contributed by atoms with E-state index >= 15 is 0 Å². The quantitative estimate of drug-likeness (QED) is 0.829. The van der Waals surface area contributed by atoms with Crippen LogP contribution in [-0.4, -0.2) is 52.8 Å². The lowest BCUT2D eigenvalue weighted by molar-refractivity contribution is -0.138. The Morgan fingerprint density at radius 2 is 1.68 bits per heavy atom. The largest absolute Gasteiger partial charge is 0.342 e. The van der Waals surface area contributed by atoms with E-state index in [1.165, 1.54) is 11.3 Å². The minimum atomic E-state index is 0.0891. The number of thiazole rings is 1. The molecule has 0 spiro atoms. The maximum absolute atomic E-state index is 12.8. The van der Waals surface area contributed by atoms with Crippen molar-refractivity contribution >= 4 is 23.2 Å². The van der Waals surface area contributed by atoms with Gasteiger partial charge in [-0.3, -0.25) is 9.59 Å². The highest BCUT2D eigenvalue weighted by Gasteiger charge is 2.32. The number of piperidine rings is 2. The van der Waals surface area contributed by atoms with E-state index in [2.05, 4.69) is 18.8 Å². The van der Waals surface area contributed by atoms with Gasteiger partial charge in [-0.2, -0.15) is 0 Å². The molecule has 2 fully saturated rings. The average Bonchev–Trinajstić information content (AvgIpc) is 3.02. The number of aromatic nitrogens is 1. The van der Waals surface area contributed by atoms with Crippen LogP contribution in [0.15, 0.2) is 0 Å². The van der Waals surface area contributed by atoms with Crippen LogP contribution < -0.4 is 0 Å². The Labute approximate surface area is 154 Å². The molecule has 2 aliphatic rings. The Kier molecular flexibility index (Phi) is 5.77. The van der Waals surface area contributed by atoms with Crippen LogP contribution in [0.5, 0.6) is 0 Å². The number of carbonyl (C=O) groups is 2. The van der Waals surface area contributed by atoms with Crippen molar-refractivity contribution in [2.45, 2.75) is 52.9 Å². The van der Waals surface area contributed by atoms with E-state index in [1.54, 1.807) is 0 Å². The molecule has 5 nitrogen and oxygen atoms in total. The standard InChI is InChI=1S/C19H29N3O2S/c1-4-16-20-14(3)17(25-16)19(24)22-11-7-15(8-12-22)18(23)21-9-5-13(2)6-10-21/h13,15H,4-12H2,1-3H3. The third kappa shape index (κ3) is 4.05. The third-order valence-electron chi connectivity index (χ3n) is 5.56. The fourth-order valence-corrected chi connectivity index (χ4v) is 4.73. The molecule has 0 saturated carbocycles. The molecule has 3 rings (SSSR count). The first-order chi connectivity index (χ1) is 12.0. The van der Waals surface area contributed by atoms with E-state index in [4.69, 9.17) is 0 Å². The van der Waals surface area contributed by atoms with E-state index in [-0.39, 0.29) is 11.8 Å². The zero-order chi connectivity index (χ0) is 18.0. The summed E-state index contributed by atoms with van der Waals surface area (Å²) >= 11 is 1.51. The molecule has 2 aliphatic heterocycles. The van der Waals surface area contributed by atoms with E-state index in [1.807, 2.05) is 16.7 Å². The molecule has 6 heteroatoms. The second kappa shape index (κ2) is 7.85. The van der Waals surface area contributed by atoms with Gasteiger partial charge < -0.3 is 9.80 Å². The van der Waals surface area contributed by atoms with Crippen LogP contribution in [0.25, 0.3) is 0 Å². The molecule has 0 radical (unpaired) electrons. The van der Waals surface area contributed by atoms with Crippen molar-refractivity contribution in [3.05, 3.63) is 15.6 Å². The molecular formula is C19H29N3O2S. The Morgan fingerprint density at radius 3 is 2.24 bits per heavy atom. The summed E-state index contributed by atoms with van der Waals surface area (Å²) in [4.78, 5) is 34.7. The van der Waals surface area contributed by atoms with Gasteiger partial charge in [0.15, 0.2) is 0 Å². The van der Waals surface area contributed by atoms with Gasteiger partial charge in [0.05, 0.1) is 10.7 Å². The summed E-state index contributed by atoms with van der Waals surface area (Å²) in [5.74, 6) is 1.22. The van der Waals surface area contributed by atoms with Crippen molar-refractivity contribution in [3.63, 3.8) is 0 Å². The molecule has 138 valence electrons. The van der Waals surface area contributed by atoms with Gasteiger partial charge in [-0.15, -0.1) is 11.3 Å². The number of likely N-dealkylation sites (tertiary alicyclic amines) is 2. The van der Waals surface area contributed by atoms with Gasteiger partial charge in [-0.1, -0.05) is 13.8 Å². The summed E-state index contributed by atoms with van der Waals surface area (Å²) in [6, 6.07) is 0. The van der Waals surface area contributed by atoms with Gasteiger partial charge >= 0.3 is 0 Å². The Bertz CT molecular complexity index is 627. The van der Waals surface area contributed by atoms with Gasteiger partial charge in [-0.25, -0.2) is 4.98 Å². The van der Waals surface area contributed by atoms with Gasteiger partial charge in [0.25, 0.3) is 5.91 Å². The minimum absolute atomic E-state index is 0.0891. The van der Waals surface area contributed by atoms with Crippen molar-refractivity contribution in [1.82, 2.24) is 14.8 Å². The monoisotopic (exact) mass is 363 g/mol. The van der Waals surface area contributed by atoms with Crippen LogP contribution in [0.2, 0.25) is 0 Å². The molecule has 1 aromatic rings. The predicted molar refractivity (Wildman–Crippen MR) is 99.8 cm³/mol. The smallest absolute Gasteiger partial charge is 0.265 e. The van der Waals surface area contributed by atoms with Gasteiger partial charge in [0, 0.05) is 32.1 Å². The zero-order valence-corrected chi connectivity index (χ0v) is 16.4. The van der Waals surface area contributed by atoms with E-state index < -0.39 is 0 Å². The molecule has 0 bridgehead atoms. The second-order valence-electron chi connectivity index (χ2n) is 7.45. The summed E-state index contributed by atoms with van der Waals surface area (Å²) in [7, 11) is 0. The summed E-state index contributed by atoms with van der Waals surface area (Å²) in [6.07, 6.45) is 4.68. The molecule has 0 aromatic carbocycles. The van der Waals surface area contributed by atoms with Crippen molar-refractivity contribution in [3.8, 4) is 0 Å². The highest BCUT2D eigenvalue weighted by atomic mass is 32.1. The average molecular weight is 364 g/mol. The number of hydrogen-bond donors (Lipinski definition) is 0. The zero-order valence-electron chi connectivity index (χ0n) is 15.6. The number of carbonyl (C=O) groups excluding carboxylic acids is 2. The van der Waals surface area contributed by atoms with Crippen LogP contribution in [-0.2, 0) is 11.2 Å². The third-order valence-corrected chi connectivity index (χ3v) is 6.85. The molecule has 0 aliphatic carbocycles. The number of hydrogen-bond acceptors (Lipinski definition) is 4. The summed E-state index contributed by atoms with van der Waals surface area (Å²) in [5, 5.41) is 1.02. The topological polar surface area (TPSA) is 53.5 Å². The second-order valence-corrected chi connectivity index (χ2v) is 8.53. The van der Waals surface area contributed by atoms with Crippen molar-refractivity contribution in [2.75, 3.05) is 26.2 Å². The summed E-state index contributed by atoms with van der Waals surface area (Å²) in [6.45, 7) is 9.40. The highest BCUT2D eigenvalue weighted by molar-refractivity contribution is 7.13. The normalized spacial score (nSPS) is 20.1. The molecule has 0 N–H and O–H groups in total. The first kappa shape index (κ1) is 18.4. The Balaban J connectivity index is 1.55. The first-order valence-electron chi connectivity index (χ1n) is 9.54. The molecule has 2 amide bonds. The van der Waals surface area contributed by atoms with Crippen LogP contribution in [0.4, 0.5) is 0 Å². The molecule has 0 atom stereocenters. The minimum Gasteiger partial charge on any atom is -0.342 e. The molecule has 0 unspecified atom stereocenters. The number of amides is 2. The lowest BCUT2D eigenvalue weighted by Gasteiger charge is -2.36. The number of rotatable bonds is 3. The first-order valence-corrected chi connectivity index (χ1v) is 10.4. The molecular weight excluding hydrogens is 334 g/mol. The summed E-state index contributed by atoms with van der Waals surface area (Å²) < 4.78 is 0. The molecule has 3 heterocycles. The van der Waals surface area contributed by atoms with E-state index in [9.17, 15) is 9.59 Å². The van der Waals surface area contributed by atoms with Crippen LogP contribution in [0.1, 0.15) is 59.9 Å². The lowest BCUT2D eigenvalue weighted by Crippen LogP contribution is -2.46. The van der Waals surface area contributed by atoms with Crippen LogP contribution in [0, 0.1) is 18.8 Å². The highest BCUT2D eigenvalue weighted by Crippen LogP contribution is 2.26. The fourth-order valence-electron chi connectivity index (χ4n) is 3.76. The SMILES string of the molecule is CCc1nc(C)c(C(=O)N2CCC(C(=O)N3CCC(C)CC3)CC2)s1. The van der Waals surface area contributed by atoms with Gasteiger partial charge in [0.1, 0.15) is 4.88 Å². The van der Waals surface area contributed by atoms with E-state index in [0.717, 1.165) is 66.7 Å². The number of nitrogens with zero attached hydrogens (tertiary/aromatic N) is 3. The summed E-state index contributed by atoms with van der Waals surface area (Å²) in [5.41, 5.74) is 0.840. The van der Waals surface area contributed by atoms with Crippen molar-refractivity contribution in [1.29, 1.82) is 0 Å². The lowest BCUT2D eigenvalue weighted by atomic mass is 9.92. The van der Waals surface area contributed by atoms with Gasteiger partial charge in [0.2, 0.25) is 5.91 Å².